The van der Waals surface area contributed by atoms with E-state index in [1.807, 2.05) is 0 Å². The summed E-state index contributed by atoms with van der Waals surface area (Å²) in [6.07, 6.45) is 6.69. The highest BCUT2D eigenvalue weighted by Crippen LogP contribution is 2.32. The molecule has 0 saturated carbocycles. The van der Waals surface area contributed by atoms with Crippen LogP contribution >= 0.6 is 0 Å². The standard InChI is InChI=1S/C28H44O10/c1-2-3-4-5-6-7-8-9-10-11-12-13-14-15-18-16-19(17-20(29)21(18)26(33)34)37-28-24(32)22(30)23(31)25(38-28)27(35)36/h16-17,22-25,28-32H,2-15H2,1H3,(H,33,34)(H,35,36)/t22-,23-,24+,25-,28+/m0/s1. The molecular weight excluding hydrogens is 496 g/mol. The highest BCUT2D eigenvalue weighted by Gasteiger charge is 2.48. The van der Waals surface area contributed by atoms with Gasteiger partial charge in [-0.2, -0.15) is 0 Å². The number of benzene rings is 1. The van der Waals surface area contributed by atoms with Crippen LogP contribution in [0.1, 0.15) is 106 Å². The number of hydrogen-bond donors (Lipinski definition) is 6. The molecule has 0 radical (unpaired) electrons. The molecule has 5 atom stereocenters. The zero-order valence-electron chi connectivity index (χ0n) is 22.3. The van der Waals surface area contributed by atoms with Gasteiger partial charge in [0.25, 0.3) is 0 Å². The normalized spacial score (nSPS) is 23.3. The van der Waals surface area contributed by atoms with E-state index in [1.165, 1.54) is 63.9 Å². The zero-order chi connectivity index (χ0) is 28.1. The Balaban J connectivity index is 1.85. The Morgan fingerprint density at radius 3 is 1.82 bits per heavy atom. The maximum atomic E-state index is 11.7. The van der Waals surface area contributed by atoms with Crippen LogP contribution < -0.4 is 4.74 Å². The molecule has 216 valence electrons. The number of aromatic hydroxyl groups is 1. The third-order valence-corrected chi connectivity index (χ3v) is 7.00. The molecule has 38 heavy (non-hydrogen) atoms. The van der Waals surface area contributed by atoms with Crippen LogP contribution in [0.5, 0.6) is 11.5 Å². The van der Waals surface area contributed by atoms with Gasteiger partial charge in [0.2, 0.25) is 6.29 Å². The number of aliphatic hydroxyl groups is 3. The van der Waals surface area contributed by atoms with Crippen molar-refractivity contribution in [2.75, 3.05) is 0 Å². The first-order valence-corrected chi connectivity index (χ1v) is 13.9. The monoisotopic (exact) mass is 540 g/mol. The molecule has 1 saturated heterocycles. The lowest BCUT2D eigenvalue weighted by atomic mass is 9.98. The minimum atomic E-state index is -1.86. The second kappa shape index (κ2) is 16.5. The van der Waals surface area contributed by atoms with E-state index in [0.29, 0.717) is 18.4 Å². The van der Waals surface area contributed by atoms with Gasteiger partial charge in [-0.3, -0.25) is 0 Å². The maximum Gasteiger partial charge on any atom is 0.339 e. The fourth-order valence-electron chi connectivity index (χ4n) is 4.79. The average molecular weight is 541 g/mol. The highest BCUT2D eigenvalue weighted by molar-refractivity contribution is 5.93. The Hall–Kier alpha value is -2.40. The number of rotatable bonds is 18. The first-order chi connectivity index (χ1) is 18.2. The van der Waals surface area contributed by atoms with E-state index in [4.69, 9.17) is 9.47 Å². The van der Waals surface area contributed by atoms with E-state index in [0.717, 1.165) is 25.3 Å². The van der Waals surface area contributed by atoms with Crippen LogP contribution in [-0.4, -0.2) is 73.3 Å². The van der Waals surface area contributed by atoms with Crippen LogP contribution in [-0.2, 0) is 16.0 Å². The summed E-state index contributed by atoms with van der Waals surface area (Å²) in [6, 6.07) is 2.42. The molecule has 2 rings (SSSR count). The molecule has 0 spiro atoms. The lowest BCUT2D eigenvalue weighted by Crippen LogP contribution is -2.61. The Kier molecular flexibility index (Phi) is 13.8. The maximum absolute atomic E-state index is 11.7. The third kappa shape index (κ3) is 9.72. The predicted octanol–water partition coefficient (Wildman–Crippen LogP) is 4.00. The number of aryl methyl sites for hydroxylation is 1. The van der Waals surface area contributed by atoms with Crippen molar-refractivity contribution in [1.82, 2.24) is 0 Å². The van der Waals surface area contributed by atoms with Crippen LogP contribution in [0.4, 0.5) is 0 Å². The van der Waals surface area contributed by atoms with Gasteiger partial charge in [0.1, 0.15) is 35.4 Å². The van der Waals surface area contributed by atoms with Gasteiger partial charge in [-0.15, -0.1) is 0 Å². The largest absolute Gasteiger partial charge is 0.507 e. The van der Waals surface area contributed by atoms with Crippen molar-refractivity contribution < 1.29 is 49.7 Å². The summed E-state index contributed by atoms with van der Waals surface area (Å²) >= 11 is 0. The molecular formula is C28H44O10. The van der Waals surface area contributed by atoms with Gasteiger partial charge in [-0.1, -0.05) is 84.0 Å². The van der Waals surface area contributed by atoms with E-state index in [1.54, 1.807) is 0 Å². The minimum absolute atomic E-state index is 0.0611. The van der Waals surface area contributed by atoms with Crippen molar-refractivity contribution in [3.63, 3.8) is 0 Å². The summed E-state index contributed by atoms with van der Waals surface area (Å²) in [7, 11) is 0. The van der Waals surface area contributed by atoms with Gasteiger partial charge in [-0.05, 0) is 24.5 Å². The molecule has 10 heteroatoms. The van der Waals surface area contributed by atoms with E-state index < -0.39 is 48.4 Å². The number of aliphatic carboxylic acids is 1. The van der Waals surface area contributed by atoms with Crippen LogP contribution in [0.2, 0.25) is 0 Å². The topological polar surface area (TPSA) is 174 Å². The average Bonchev–Trinajstić information content (AvgIpc) is 2.86. The summed E-state index contributed by atoms with van der Waals surface area (Å²) in [5.41, 5.74) is 0.0801. The van der Waals surface area contributed by atoms with Crippen LogP contribution in [0, 0.1) is 0 Å². The lowest BCUT2D eigenvalue weighted by Gasteiger charge is -2.38. The van der Waals surface area contributed by atoms with E-state index >= 15 is 0 Å². The number of aromatic carboxylic acids is 1. The molecule has 0 unspecified atom stereocenters. The molecule has 1 aromatic carbocycles. The van der Waals surface area contributed by atoms with Crippen LogP contribution in [0.25, 0.3) is 0 Å². The molecule has 10 nitrogen and oxygen atoms in total. The van der Waals surface area contributed by atoms with Gasteiger partial charge < -0.3 is 40.1 Å². The zero-order valence-corrected chi connectivity index (χ0v) is 22.3. The SMILES string of the molecule is CCCCCCCCCCCCCCCc1cc(O[C@@H]2O[C@H](C(=O)O)[C@@H](O)[C@H](O)[C@H]2O)cc(O)c1C(=O)O. The molecule has 1 aliphatic rings. The summed E-state index contributed by atoms with van der Waals surface area (Å²) in [4.78, 5) is 23.0. The number of carbonyl (C=O) groups is 2. The Labute approximate surface area is 224 Å². The number of phenols is 1. The van der Waals surface area contributed by atoms with E-state index in [9.17, 15) is 40.2 Å². The van der Waals surface area contributed by atoms with Crippen molar-refractivity contribution in [3.8, 4) is 11.5 Å². The molecule has 0 aliphatic carbocycles. The molecule has 0 bridgehead atoms. The minimum Gasteiger partial charge on any atom is -0.507 e. The molecule has 6 N–H and O–H groups in total. The first kappa shape index (κ1) is 31.8. The number of unbranched alkanes of at least 4 members (excludes halogenated alkanes) is 12. The van der Waals surface area contributed by atoms with Gasteiger partial charge in [-0.25, -0.2) is 9.59 Å². The Morgan fingerprint density at radius 2 is 1.32 bits per heavy atom. The fourth-order valence-corrected chi connectivity index (χ4v) is 4.79. The summed E-state index contributed by atoms with van der Waals surface area (Å²) in [5, 5.41) is 59.1. The first-order valence-electron chi connectivity index (χ1n) is 13.9. The van der Waals surface area contributed by atoms with Crippen molar-refractivity contribution in [2.24, 2.45) is 0 Å². The lowest BCUT2D eigenvalue weighted by molar-refractivity contribution is -0.271. The van der Waals surface area contributed by atoms with Gasteiger partial charge in [0.15, 0.2) is 6.10 Å². The summed E-state index contributed by atoms with van der Waals surface area (Å²) < 4.78 is 10.6. The number of hydrogen-bond acceptors (Lipinski definition) is 8. The number of carboxylic acids is 2. The molecule has 1 fully saturated rings. The van der Waals surface area contributed by atoms with E-state index in [-0.39, 0.29) is 11.3 Å². The Bertz CT molecular complexity index is 873. The van der Waals surface area contributed by atoms with Crippen molar-refractivity contribution in [1.29, 1.82) is 0 Å². The molecule has 1 aromatic rings. The number of carboxylic acid groups (broad SMARTS) is 2. The Morgan fingerprint density at radius 1 is 0.789 bits per heavy atom. The van der Waals surface area contributed by atoms with Crippen molar-refractivity contribution >= 4 is 11.9 Å². The second-order valence-corrected chi connectivity index (χ2v) is 10.1. The predicted molar refractivity (Wildman–Crippen MR) is 139 cm³/mol. The quantitative estimate of drug-likeness (QED) is 0.149. The molecule has 0 amide bonds. The summed E-state index contributed by atoms with van der Waals surface area (Å²) in [5.74, 6) is -3.45. The van der Waals surface area contributed by atoms with Gasteiger partial charge >= 0.3 is 11.9 Å². The number of ether oxygens (including phenoxy) is 2. The van der Waals surface area contributed by atoms with Crippen LogP contribution in [0.3, 0.4) is 0 Å². The molecule has 1 heterocycles. The molecule has 0 aromatic heterocycles. The van der Waals surface area contributed by atoms with Crippen molar-refractivity contribution in [3.05, 3.63) is 23.3 Å². The smallest absolute Gasteiger partial charge is 0.339 e. The third-order valence-electron chi connectivity index (χ3n) is 7.00. The fraction of sp³-hybridized carbons (Fsp3) is 0.714. The number of aliphatic hydroxyl groups excluding tert-OH is 3. The highest BCUT2D eigenvalue weighted by atomic mass is 16.7. The van der Waals surface area contributed by atoms with Crippen molar-refractivity contribution in [2.45, 2.75) is 128 Å². The van der Waals surface area contributed by atoms with Gasteiger partial charge in [0, 0.05) is 6.07 Å². The summed E-state index contributed by atoms with van der Waals surface area (Å²) in [6.45, 7) is 2.22. The second-order valence-electron chi connectivity index (χ2n) is 10.1. The van der Waals surface area contributed by atoms with Crippen LogP contribution in [0.15, 0.2) is 12.1 Å². The molecule has 1 aliphatic heterocycles. The van der Waals surface area contributed by atoms with Gasteiger partial charge in [0.05, 0.1) is 0 Å². The van der Waals surface area contributed by atoms with E-state index in [2.05, 4.69) is 6.92 Å².